The summed E-state index contributed by atoms with van der Waals surface area (Å²) in [7, 11) is 0. The summed E-state index contributed by atoms with van der Waals surface area (Å²) in [4.78, 5) is 11.2. The molecule has 1 aromatic rings. The number of aryl methyl sites for hydroxylation is 2. The van der Waals surface area contributed by atoms with Gasteiger partial charge in [0.25, 0.3) is 0 Å². The molecule has 0 bridgehead atoms. The molecule has 1 amide bonds. The zero-order valence-electron chi connectivity index (χ0n) is 8.60. The smallest absolute Gasteiger partial charge is 0.237 e. The Morgan fingerprint density at radius 2 is 1.79 bits per heavy atom. The molecular weight excluding hydrogens is 242 g/mol. The van der Waals surface area contributed by atoms with Crippen LogP contribution in [0.2, 0.25) is 0 Å². The standard InChI is InChI=1S/C11H14BrNO/c1-7-4-8(2)6-10(5-7)13-11(14)9(3)12/h4-6,9H,1-3H3,(H,13,14). The number of hydrogen-bond donors (Lipinski definition) is 1. The number of amides is 1. The van der Waals surface area contributed by atoms with Crippen molar-refractivity contribution in [3.05, 3.63) is 29.3 Å². The summed E-state index contributed by atoms with van der Waals surface area (Å²) >= 11 is 3.22. The minimum absolute atomic E-state index is 0.0185. The highest BCUT2D eigenvalue weighted by Crippen LogP contribution is 2.14. The number of hydrogen-bond acceptors (Lipinski definition) is 1. The van der Waals surface area contributed by atoms with Crippen molar-refractivity contribution in [1.29, 1.82) is 0 Å². The SMILES string of the molecule is Cc1cc(C)cc(NC(=O)C(C)Br)c1. The number of benzene rings is 1. The number of anilines is 1. The second-order valence-electron chi connectivity index (χ2n) is 3.48. The second kappa shape index (κ2) is 4.60. The number of carbonyl (C=O) groups excluding carboxylic acids is 1. The van der Waals surface area contributed by atoms with Gasteiger partial charge in [-0.2, -0.15) is 0 Å². The molecule has 0 aliphatic rings. The molecule has 0 heterocycles. The van der Waals surface area contributed by atoms with Crippen molar-refractivity contribution in [2.45, 2.75) is 25.6 Å². The van der Waals surface area contributed by atoms with Crippen molar-refractivity contribution in [3.8, 4) is 0 Å². The van der Waals surface area contributed by atoms with E-state index in [9.17, 15) is 4.79 Å². The Bertz CT molecular complexity index is 327. The fourth-order valence-electron chi connectivity index (χ4n) is 1.29. The van der Waals surface area contributed by atoms with Crippen molar-refractivity contribution in [2.24, 2.45) is 0 Å². The normalized spacial score (nSPS) is 12.3. The van der Waals surface area contributed by atoms with Crippen LogP contribution in [-0.4, -0.2) is 10.7 Å². The molecule has 0 radical (unpaired) electrons. The molecule has 0 fully saturated rings. The minimum atomic E-state index is -0.164. The summed E-state index contributed by atoms with van der Waals surface area (Å²) < 4.78 is 0. The predicted octanol–water partition coefficient (Wildman–Crippen LogP) is 3.03. The van der Waals surface area contributed by atoms with E-state index in [1.54, 1.807) is 6.92 Å². The van der Waals surface area contributed by atoms with E-state index in [1.165, 1.54) is 0 Å². The van der Waals surface area contributed by atoms with Gasteiger partial charge in [0.05, 0.1) is 4.83 Å². The Balaban J connectivity index is 2.82. The molecule has 0 spiro atoms. The van der Waals surface area contributed by atoms with Crippen LogP contribution in [0.15, 0.2) is 18.2 Å². The van der Waals surface area contributed by atoms with Gasteiger partial charge in [-0.25, -0.2) is 0 Å². The van der Waals surface area contributed by atoms with Gasteiger partial charge in [0.15, 0.2) is 0 Å². The molecule has 1 rings (SSSR count). The van der Waals surface area contributed by atoms with Crippen molar-refractivity contribution >= 4 is 27.5 Å². The van der Waals surface area contributed by atoms with E-state index in [0.29, 0.717) is 0 Å². The largest absolute Gasteiger partial charge is 0.325 e. The molecule has 14 heavy (non-hydrogen) atoms. The van der Waals surface area contributed by atoms with E-state index < -0.39 is 0 Å². The number of rotatable bonds is 2. The van der Waals surface area contributed by atoms with Crippen LogP contribution in [0.5, 0.6) is 0 Å². The molecule has 3 heteroatoms. The average Bonchev–Trinajstić information content (AvgIpc) is 2.01. The van der Waals surface area contributed by atoms with Crippen LogP contribution in [0.25, 0.3) is 0 Å². The summed E-state index contributed by atoms with van der Waals surface area (Å²) in [5.74, 6) is -0.0185. The number of alkyl halides is 1. The monoisotopic (exact) mass is 255 g/mol. The third-order valence-corrected chi connectivity index (χ3v) is 2.27. The van der Waals surface area contributed by atoms with E-state index in [0.717, 1.165) is 16.8 Å². The van der Waals surface area contributed by atoms with Gasteiger partial charge in [0, 0.05) is 5.69 Å². The maximum atomic E-state index is 11.4. The Kier molecular flexibility index (Phi) is 3.69. The molecule has 76 valence electrons. The minimum Gasteiger partial charge on any atom is -0.325 e. The molecule has 0 saturated carbocycles. The number of carbonyl (C=O) groups is 1. The highest BCUT2D eigenvalue weighted by molar-refractivity contribution is 9.10. The second-order valence-corrected chi connectivity index (χ2v) is 4.86. The first-order chi connectivity index (χ1) is 6.49. The lowest BCUT2D eigenvalue weighted by Gasteiger charge is -2.08. The molecule has 1 unspecified atom stereocenters. The van der Waals surface area contributed by atoms with Gasteiger partial charge in [0.2, 0.25) is 5.91 Å². The number of nitrogens with one attached hydrogen (secondary N) is 1. The van der Waals surface area contributed by atoms with Crippen LogP contribution < -0.4 is 5.32 Å². The zero-order valence-corrected chi connectivity index (χ0v) is 10.2. The lowest BCUT2D eigenvalue weighted by atomic mass is 10.1. The molecule has 0 aliphatic carbocycles. The molecular formula is C11H14BrNO. The Labute approximate surface area is 92.8 Å². The fourth-order valence-corrected chi connectivity index (χ4v) is 1.40. The third kappa shape index (κ3) is 3.14. The van der Waals surface area contributed by atoms with Gasteiger partial charge in [-0.1, -0.05) is 22.0 Å². The number of halogens is 1. The van der Waals surface area contributed by atoms with Crippen LogP contribution in [0.4, 0.5) is 5.69 Å². The fraction of sp³-hybridized carbons (Fsp3) is 0.364. The van der Waals surface area contributed by atoms with Gasteiger partial charge in [-0.3, -0.25) is 4.79 Å². The first-order valence-corrected chi connectivity index (χ1v) is 5.44. The summed E-state index contributed by atoms with van der Waals surface area (Å²) in [5, 5.41) is 2.84. The summed E-state index contributed by atoms with van der Waals surface area (Å²) in [5.41, 5.74) is 3.17. The average molecular weight is 256 g/mol. The molecule has 0 saturated heterocycles. The summed E-state index contributed by atoms with van der Waals surface area (Å²) in [6, 6.07) is 5.99. The lowest BCUT2D eigenvalue weighted by molar-refractivity contribution is -0.115. The first kappa shape index (κ1) is 11.2. The Hall–Kier alpha value is -0.830. The highest BCUT2D eigenvalue weighted by atomic mass is 79.9. The Morgan fingerprint density at radius 1 is 1.29 bits per heavy atom. The van der Waals surface area contributed by atoms with Gasteiger partial charge < -0.3 is 5.32 Å². The maximum absolute atomic E-state index is 11.4. The van der Waals surface area contributed by atoms with E-state index in [1.807, 2.05) is 26.0 Å². The molecule has 0 aliphatic heterocycles. The van der Waals surface area contributed by atoms with Crippen LogP contribution in [0, 0.1) is 13.8 Å². The van der Waals surface area contributed by atoms with Crippen molar-refractivity contribution in [3.63, 3.8) is 0 Å². The topological polar surface area (TPSA) is 29.1 Å². The van der Waals surface area contributed by atoms with Crippen molar-refractivity contribution < 1.29 is 4.79 Å². The zero-order chi connectivity index (χ0) is 10.7. The van der Waals surface area contributed by atoms with Gasteiger partial charge in [-0.05, 0) is 44.0 Å². The van der Waals surface area contributed by atoms with Crippen LogP contribution in [-0.2, 0) is 4.79 Å². The Morgan fingerprint density at radius 3 is 2.21 bits per heavy atom. The third-order valence-electron chi connectivity index (χ3n) is 1.85. The van der Waals surface area contributed by atoms with E-state index in [4.69, 9.17) is 0 Å². The van der Waals surface area contributed by atoms with Crippen molar-refractivity contribution in [1.82, 2.24) is 0 Å². The van der Waals surface area contributed by atoms with Crippen LogP contribution in [0.1, 0.15) is 18.1 Å². The van der Waals surface area contributed by atoms with E-state index >= 15 is 0 Å². The van der Waals surface area contributed by atoms with E-state index in [2.05, 4.69) is 27.3 Å². The van der Waals surface area contributed by atoms with Crippen LogP contribution >= 0.6 is 15.9 Å². The van der Waals surface area contributed by atoms with Crippen molar-refractivity contribution in [2.75, 3.05) is 5.32 Å². The van der Waals surface area contributed by atoms with Gasteiger partial charge in [0.1, 0.15) is 0 Å². The maximum Gasteiger partial charge on any atom is 0.237 e. The van der Waals surface area contributed by atoms with Gasteiger partial charge in [-0.15, -0.1) is 0 Å². The highest BCUT2D eigenvalue weighted by Gasteiger charge is 2.08. The molecule has 1 N–H and O–H groups in total. The quantitative estimate of drug-likeness (QED) is 0.809. The summed E-state index contributed by atoms with van der Waals surface area (Å²) in [6.45, 7) is 5.83. The van der Waals surface area contributed by atoms with Gasteiger partial charge >= 0.3 is 0 Å². The van der Waals surface area contributed by atoms with Crippen LogP contribution in [0.3, 0.4) is 0 Å². The van der Waals surface area contributed by atoms with E-state index in [-0.39, 0.29) is 10.7 Å². The summed E-state index contributed by atoms with van der Waals surface area (Å²) in [6.07, 6.45) is 0. The molecule has 0 aromatic heterocycles. The predicted molar refractivity (Wildman–Crippen MR) is 62.9 cm³/mol. The molecule has 1 atom stereocenters. The molecule has 2 nitrogen and oxygen atoms in total. The molecule has 1 aromatic carbocycles. The lowest BCUT2D eigenvalue weighted by Crippen LogP contribution is -2.19. The first-order valence-electron chi connectivity index (χ1n) is 4.52.